The fourth-order valence-electron chi connectivity index (χ4n) is 2.99. The highest BCUT2D eigenvalue weighted by Crippen LogP contribution is 2.26. The SMILES string of the molecule is CCOc1ccc(N(Cc2cccs2)C(=O)c2cc(-c3ccc(F)cc3)on2)cc1. The summed E-state index contributed by atoms with van der Waals surface area (Å²) in [4.78, 5) is 16.0. The lowest BCUT2D eigenvalue weighted by atomic mass is 10.1. The number of ether oxygens (including phenoxy) is 1. The van der Waals surface area contributed by atoms with Gasteiger partial charge in [0.05, 0.1) is 13.2 Å². The molecule has 0 spiro atoms. The first-order valence-electron chi connectivity index (χ1n) is 9.44. The van der Waals surface area contributed by atoms with Crippen LogP contribution < -0.4 is 9.64 Å². The van der Waals surface area contributed by atoms with Crippen LogP contribution in [0, 0.1) is 5.82 Å². The topological polar surface area (TPSA) is 55.6 Å². The van der Waals surface area contributed by atoms with Gasteiger partial charge >= 0.3 is 0 Å². The molecule has 0 aliphatic heterocycles. The number of amides is 1. The Balaban J connectivity index is 1.63. The maximum absolute atomic E-state index is 13.3. The van der Waals surface area contributed by atoms with Crippen molar-refractivity contribution in [3.63, 3.8) is 0 Å². The van der Waals surface area contributed by atoms with Crippen molar-refractivity contribution in [2.45, 2.75) is 13.5 Å². The summed E-state index contributed by atoms with van der Waals surface area (Å²) < 4.78 is 24.0. The highest BCUT2D eigenvalue weighted by Gasteiger charge is 2.23. The molecule has 0 radical (unpaired) electrons. The second-order valence-electron chi connectivity index (χ2n) is 6.48. The van der Waals surface area contributed by atoms with Gasteiger partial charge in [-0.3, -0.25) is 4.79 Å². The van der Waals surface area contributed by atoms with Gasteiger partial charge in [0.1, 0.15) is 11.6 Å². The van der Waals surface area contributed by atoms with Crippen molar-refractivity contribution in [3.05, 3.63) is 88.5 Å². The fraction of sp³-hybridized carbons (Fsp3) is 0.130. The Morgan fingerprint density at radius 1 is 1.13 bits per heavy atom. The van der Waals surface area contributed by atoms with E-state index in [0.29, 0.717) is 24.5 Å². The van der Waals surface area contributed by atoms with Crippen molar-refractivity contribution in [2.75, 3.05) is 11.5 Å². The lowest BCUT2D eigenvalue weighted by Gasteiger charge is -2.21. The number of rotatable bonds is 7. The molecule has 0 N–H and O–H groups in total. The van der Waals surface area contributed by atoms with Crippen molar-refractivity contribution in [1.29, 1.82) is 0 Å². The number of thiophene rings is 1. The molecular weight excluding hydrogens is 403 g/mol. The van der Waals surface area contributed by atoms with E-state index in [1.54, 1.807) is 34.4 Å². The average molecular weight is 422 g/mol. The Kier molecular flexibility index (Phi) is 5.90. The van der Waals surface area contributed by atoms with E-state index in [9.17, 15) is 9.18 Å². The largest absolute Gasteiger partial charge is 0.494 e. The number of nitrogens with zero attached hydrogens (tertiary/aromatic N) is 2. The normalized spacial score (nSPS) is 10.7. The minimum Gasteiger partial charge on any atom is -0.494 e. The van der Waals surface area contributed by atoms with Gasteiger partial charge in [-0.15, -0.1) is 11.3 Å². The van der Waals surface area contributed by atoms with Crippen molar-refractivity contribution in [2.24, 2.45) is 0 Å². The quantitative estimate of drug-likeness (QED) is 0.378. The van der Waals surface area contributed by atoms with Crippen molar-refractivity contribution >= 4 is 22.9 Å². The lowest BCUT2D eigenvalue weighted by molar-refractivity contribution is 0.0976. The Morgan fingerprint density at radius 3 is 2.57 bits per heavy atom. The van der Waals surface area contributed by atoms with Gasteiger partial charge in [-0.05, 0) is 66.9 Å². The Morgan fingerprint density at radius 2 is 1.90 bits per heavy atom. The number of halogens is 1. The monoisotopic (exact) mass is 422 g/mol. The molecule has 0 bridgehead atoms. The molecule has 0 fully saturated rings. The minimum atomic E-state index is -0.341. The van der Waals surface area contributed by atoms with E-state index in [-0.39, 0.29) is 17.4 Å². The van der Waals surface area contributed by atoms with Crippen LogP contribution in [0.3, 0.4) is 0 Å². The molecule has 2 heterocycles. The third-order valence-electron chi connectivity index (χ3n) is 4.46. The molecule has 4 aromatic rings. The summed E-state index contributed by atoms with van der Waals surface area (Å²) in [5, 5.41) is 5.93. The maximum atomic E-state index is 13.3. The van der Waals surface area contributed by atoms with E-state index in [4.69, 9.17) is 9.26 Å². The third kappa shape index (κ3) is 4.41. The zero-order chi connectivity index (χ0) is 20.9. The first-order chi connectivity index (χ1) is 14.6. The number of anilines is 1. The molecule has 152 valence electrons. The van der Waals surface area contributed by atoms with Gasteiger partial charge in [0, 0.05) is 22.2 Å². The molecule has 5 nitrogen and oxygen atoms in total. The highest BCUT2D eigenvalue weighted by molar-refractivity contribution is 7.09. The first kappa shape index (κ1) is 19.8. The summed E-state index contributed by atoms with van der Waals surface area (Å²) in [6.07, 6.45) is 0. The molecule has 0 unspecified atom stereocenters. The van der Waals surface area contributed by atoms with Crippen LogP contribution in [0.4, 0.5) is 10.1 Å². The molecule has 7 heteroatoms. The van der Waals surface area contributed by atoms with E-state index in [1.165, 1.54) is 12.1 Å². The van der Waals surface area contributed by atoms with Crippen LogP contribution in [0.25, 0.3) is 11.3 Å². The van der Waals surface area contributed by atoms with E-state index in [1.807, 2.05) is 48.7 Å². The predicted octanol–water partition coefficient (Wildman–Crippen LogP) is 5.79. The van der Waals surface area contributed by atoms with Crippen LogP contribution in [-0.4, -0.2) is 17.7 Å². The molecule has 4 rings (SSSR count). The Labute approximate surface area is 177 Å². The van der Waals surface area contributed by atoms with Gasteiger partial charge in [-0.2, -0.15) is 0 Å². The molecular formula is C23H19FN2O3S. The molecule has 0 saturated carbocycles. The zero-order valence-electron chi connectivity index (χ0n) is 16.2. The number of hydrogen-bond acceptors (Lipinski definition) is 5. The van der Waals surface area contributed by atoms with Crippen molar-refractivity contribution in [3.8, 4) is 17.1 Å². The molecule has 0 atom stereocenters. The number of carbonyl (C=O) groups is 1. The fourth-order valence-corrected chi connectivity index (χ4v) is 3.68. The molecule has 0 aliphatic carbocycles. The van der Waals surface area contributed by atoms with E-state index < -0.39 is 0 Å². The van der Waals surface area contributed by atoms with Crippen LogP contribution in [0.1, 0.15) is 22.3 Å². The molecule has 0 aliphatic rings. The molecule has 0 saturated heterocycles. The Bertz CT molecular complexity index is 1110. The third-order valence-corrected chi connectivity index (χ3v) is 5.32. The number of hydrogen-bond donors (Lipinski definition) is 0. The summed E-state index contributed by atoms with van der Waals surface area (Å²) in [6, 6.07) is 18.7. The molecule has 1 amide bonds. The second kappa shape index (κ2) is 8.92. The van der Waals surface area contributed by atoms with Gasteiger partial charge in [0.25, 0.3) is 5.91 Å². The van der Waals surface area contributed by atoms with E-state index >= 15 is 0 Å². The maximum Gasteiger partial charge on any atom is 0.280 e. The van der Waals surface area contributed by atoms with Gasteiger partial charge < -0.3 is 14.2 Å². The lowest BCUT2D eigenvalue weighted by Crippen LogP contribution is -2.30. The summed E-state index contributed by atoms with van der Waals surface area (Å²) in [7, 11) is 0. The van der Waals surface area contributed by atoms with Gasteiger partial charge in [-0.25, -0.2) is 4.39 Å². The second-order valence-corrected chi connectivity index (χ2v) is 7.51. The zero-order valence-corrected chi connectivity index (χ0v) is 17.1. The number of aromatic nitrogens is 1. The van der Waals surface area contributed by atoms with Gasteiger partial charge in [-0.1, -0.05) is 11.2 Å². The van der Waals surface area contributed by atoms with Crippen LogP contribution in [0.15, 0.2) is 76.6 Å². The highest BCUT2D eigenvalue weighted by atomic mass is 32.1. The summed E-state index contributed by atoms with van der Waals surface area (Å²) in [5.74, 6) is 0.516. The van der Waals surface area contributed by atoms with Crippen LogP contribution in [-0.2, 0) is 6.54 Å². The Hall–Kier alpha value is -3.45. The average Bonchev–Trinajstić information content (AvgIpc) is 3.45. The van der Waals surface area contributed by atoms with Gasteiger partial charge in [0.2, 0.25) is 0 Å². The first-order valence-corrected chi connectivity index (χ1v) is 10.3. The van der Waals surface area contributed by atoms with Crippen molar-refractivity contribution in [1.82, 2.24) is 5.16 Å². The standard InChI is InChI=1S/C23H19FN2O3S/c1-2-28-19-11-9-18(10-12-19)26(15-20-4-3-13-30-20)23(27)21-14-22(29-25-21)16-5-7-17(24)8-6-16/h3-14H,2,15H2,1H3. The summed E-state index contributed by atoms with van der Waals surface area (Å²) >= 11 is 1.58. The van der Waals surface area contributed by atoms with E-state index in [0.717, 1.165) is 16.3 Å². The van der Waals surface area contributed by atoms with E-state index in [2.05, 4.69) is 5.16 Å². The summed E-state index contributed by atoms with van der Waals surface area (Å²) in [6.45, 7) is 2.90. The van der Waals surface area contributed by atoms with Crippen LogP contribution in [0.5, 0.6) is 5.75 Å². The number of benzene rings is 2. The predicted molar refractivity (Wildman–Crippen MR) is 114 cm³/mol. The van der Waals surface area contributed by atoms with Crippen LogP contribution in [0.2, 0.25) is 0 Å². The smallest absolute Gasteiger partial charge is 0.280 e. The molecule has 2 aromatic carbocycles. The summed E-state index contributed by atoms with van der Waals surface area (Å²) in [5.41, 5.74) is 1.55. The van der Waals surface area contributed by atoms with Crippen LogP contribution >= 0.6 is 11.3 Å². The van der Waals surface area contributed by atoms with Gasteiger partial charge in [0.15, 0.2) is 11.5 Å². The van der Waals surface area contributed by atoms with Crippen molar-refractivity contribution < 1.29 is 18.4 Å². The minimum absolute atomic E-state index is 0.180. The number of carbonyl (C=O) groups excluding carboxylic acids is 1. The molecule has 2 aromatic heterocycles. The molecule has 30 heavy (non-hydrogen) atoms.